The van der Waals surface area contributed by atoms with Crippen molar-refractivity contribution in [1.82, 2.24) is 0 Å². The van der Waals surface area contributed by atoms with Crippen molar-refractivity contribution in [3.8, 4) is 0 Å². The van der Waals surface area contributed by atoms with Gasteiger partial charge >= 0.3 is 5.97 Å². The number of methoxy groups -OCH3 is 1. The normalized spacial score (nSPS) is 29.5. The van der Waals surface area contributed by atoms with Crippen LogP contribution in [-0.2, 0) is 9.53 Å². The van der Waals surface area contributed by atoms with Crippen molar-refractivity contribution in [2.24, 2.45) is 11.8 Å². The lowest BCUT2D eigenvalue weighted by Gasteiger charge is -2.10. The highest BCUT2D eigenvalue weighted by Crippen LogP contribution is 2.22. The maximum Gasteiger partial charge on any atom is 0.308 e. The van der Waals surface area contributed by atoms with Crippen LogP contribution in [0.4, 0.5) is 0 Å². The number of carbonyl (C=O) groups is 1. The summed E-state index contributed by atoms with van der Waals surface area (Å²) in [4.78, 5) is 11.2. The smallest absolute Gasteiger partial charge is 0.308 e. The Morgan fingerprint density at radius 3 is 2.92 bits per heavy atom. The molecule has 2 heteroatoms. The molecule has 0 N–H and O–H groups in total. The average molecular weight is 168 g/mol. The highest BCUT2D eigenvalue weighted by Gasteiger charge is 2.19. The molecule has 0 aromatic rings. The molecule has 0 fully saturated rings. The van der Waals surface area contributed by atoms with Crippen LogP contribution in [0.2, 0.25) is 0 Å². The lowest BCUT2D eigenvalue weighted by molar-refractivity contribution is -0.145. The highest BCUT2D eigenvalue weighted by molar-refractivity contribution is 5.72. The molecule has 1 aliphatic rings. The first-order chi connectivity index (χ1) is 5.74. The maximum absolute atomic E-state index is 11.2. The van der Waals surface area contributed by atoms with Crippen LogP contribution >= 0.6 is 0 Å². The Morgan fingerprint density at radius 1 is 1.50 bits per heavy atom. The molecule has 0 aliphatic heterocycles. The third kappa shape index (κ3) is 2.36. The highest BCUT2D eigenvalue weighted by atomic mass is 16.5. The SMILES string of the molecule is COC(=O)C1CC=CC(C)CC1. The summed E-state index contributed by atoms with van der Waals surface area (Å²) in [5, 5.41) is 0. The number of esters is 1. The minimum Gasteiger partial charge on any atom is -0.469 e. The van der Waals surface area contributed by atoms with Crippen molar-refractivity contribution >= 4 is 5.97 Å². The largest absolute Gasteiger partial charge is 0.469 e. The molecular formula is C10H16O2. The van der Waals surface area contributed by atoms with E-state index in [0.717, 1.165) is 19.3 Å². The van der Waals surface area contributed by atoms with E-state index in [0.29, 0.717) is 5.92 Å². The van der Waals surface area contributed by atoms with Gasteiger partial charge < -0.3 is 4.74 Å². The fourth-order valence-electron chi connectivity index (χ4n) is 1.53. The molecule has 0 heterocycles. The summed E-state index contributed by atoms with van der Waals surface area (Å²) in [6, 6.07) is 0. The number of hydrogen-bond acceptors (Lipinski definition) is 2. The summed E-state index contributed by atoms with van der Waals surface area (Å²) in [6.07, 6.45) is 7.18. The topological polar surface area (TPSA) is 26.3 Å². The number of hydrogen-bond donors (Lipinski definition) is 0. The van der Waals surface area contributed by atoms with E-state index < -0.39 is 0 Å². The molecule has 1 rings (SSSR count). The zero-order valence-corrected chi connectivity index (χ0v) is 7.75. The van der Waals surface area contributed by atoms with E-state index in [9.17, 15) is 4.79 Å². The molecule has 68 valence electrons. The van der Waals surface area contributed by atoms with Crippen LogP contribution in [0, 0.1) is 11.8 Å². The average Bonchev–Trinajstić information content (AvgIpc) is 2.29. The van der Waals surface area contributed by atoms with Gasteiger partial charge in [-0.25, -0.2) is 0 Å². The van der Waals surface area contributed by atoms with Crippen molar-refractivity contribution < 1.29 is 9.53 Å². The van der Waals surface area contributed by atoms with E-state index in [4.69, 9.17) is 4.74 Å². The molecule has 0 bridgehead atoms. The fraction of sp³-hybridized carbons (Fsp3) is 0.700. The molecule has 0 aromatic heterocycles. The molecule has 2 unspecified atom stereocenters. The summed E-state index contributed by atoms with van der Waals surface area (Å²) in [7, 11) is 1.46. The first kappa shape index (κ1) is 9.30. The Bertz CT molecular complexity index is 184. The molecule has 1 aliphatic carbocycles. The molecule has 0 spiro atoms. The van der Waals surface area contributed by atoms with Gasteiger partial charge in [0.15, 0.2) is 0 Å². The van der Waals surface area contributed by atoms with Crippen LogP contribution < -0.4 is 0 Å². The van der Waals surface area contributed by atoms with Gasteiger partial charge in [0.1, 0.15) is 0 Å². The second-order valence-corrected chi connectivity index (χ2v) is 3.44. The minimum atomic E-state index is -0.0613. The van der Waals surface area contributed by atoms with Crippen molar-refractivity contribution in [2.45, 2.75) is 26.2 Å². The predicted molar refractivity (Wildman–Crippen MR) is 47.7 cm³/mol. The van der Waals surface area contributed by atoms with Gasteiger partial charge in [-0.3, -0.25) is 4.79 Å². The first-order valence-electron chi connectivity index (χ1n) is 4.48. The van der Waals surface area contributed by atoms with Crippen molar-refractivity contribution in [2.75, 3.05) is 7.11 Å². The lowest BCUT2D eigenvalue weighted by atomic mass is 9.99. The Hall–Kier alpha value is -0.790. The van der Waals surface area contributed by atoms with Gasteiger partial charge in [0.25, 0.3) is 0 Å². The van der Waals surface area contributed by atoms with Gasteiger partial charge in [0.2, 0.25) is 0 Å². The van der Waals surface area contributed by atoms with Gasteiger partial charge in [0.05, 0.1) is 13.0 Å². The Labute approximate surface area is 73.6 Å². The number of rotatable bonds is 1. The molecule has 0 aromatic carbocycles. The zero-order chi connectivity index (χ0) is 8.97. The van der Waals surface area contributed by atoms with E-state index >= 15 is 0 Å². The fourth-order valence-corrected chi connectivity index (χ4v) is 1.53. The van der Waals surface area contributed by atoms with Gasteiger partial charge in [-0.2, -0.15) is 0 Å². The molecule has 12 heavy (non-hydrogen) atoms. The standard InChI is InChI=1S/C10H16O2/c1-8-4-3-5-9(7-6-8)10(11)12-2/h3-4,8-9H,5-7H2,1-2H3. The summed E-state index contributed by atoms with van der Waals surface area (Å²) in [6.45, 7) is 2.18. The van der Waals surface area contributed by atoms with E-state index in [1.54, 1.807) is 0 Å². The summed E-state index contributed by atoms with van der Waals surface area (Å²) in [5.41, 5.74) is 0. The molecular weight excluding hydrogens is 152 g/mol. The molecule has 0 radical (unpaired) electrons. The summed E-state index contributed by atoms with van der Waals surface area (Å²) >= 11 is 0. The molecule has 2 nitrogen and oxygen atoms in total. The second kappa shape index (κ2) is 4.29. The van der Waals surface area contributed by atoms with Gasteiger partial charge in [-0.05, 0) is 25.2 Å². The Kier molecular flexibility index (Phi) is 3.32. The van der Waals surface area contributed by atoms with Gasteiger partial charge in [-0.1, -0.05) is 19.1 Å². The Morgan fingerprint density at radius 2 is 2.25 bits per heavy atom. The van der Waals surface area contributed by atoms with Crippen LogP contribution in [0.3, 0.4) is 0 Å². The van der Waals surface area contributed by atoms with Gasteiger partial charge in [-0.15, -0.1) is 0 Å². The number of carbonyl (C=O) groups excluding carboxylic acids is 1. The predicted octanol–water partition coefficient (Wildman–Crippen LogP) is 2.15. The summed E-state index contributed by atoms with van der Waals surface area (Å²) in [5.74, 6) is 0.643. The third-order valence-corrected chi connectivity index (χ3v) is 2.39. The van der Waals surface area contributed by atoms with Gasteiger partial charge in [0, 0.05) is 0 Å². The lowest BCUT2D eigenvalue weighted by Crippen LogP contribution is -2.15. The van der Waals surface area contributed by atoms with Crippen molar-refractivity contribution in [3.05, 3.63) is 12.2 Å². The minimum absolute atomic E-state index is 0.0613. The van der Waals surface area contributed by atoms with Crippen molar-refractivity contribution in [1.29, 1.82) is 0 Å². The van der Waals surface area contributed by atoms with E-state index in [1.165, 1.54) is 7.11 Å². The first-order valence-corrected chi connectivity index (χ1v) is 4.48. The maximum atomic E-state index is 11.2. The van der Waals surface area contributed by atoms with Crippen LogP contribution in [0.15, 0.2) is 12.2 Å². The van der Waals surface area contributed by atoms with Crippen LogP contribution in [0.5, 0.6) is 0 Å². The summed E-state index contributed by atoms with van der Waals surface area (Å²) < 4.78 is 4.71. The molecule has 0 saturated carbocycles. The van der Waals surface area contributed by atoms with Crippen LogP contribution in [0.25, 0.3) is 0 Å². The zero-order valence-electron chi connectivity index (χ0n) is 7.75. The molecule has 2 atom stereocenters. The second-order valence-electron chi connectivity index (χ2n) is 3.44. The molecule has 0 saturated heterocycles. The monoisotopic (exact) mass is 168 g/mol. The molecule has 0 amide bonds. The Balaban J connectivity index is 2.48. The van der Waals surface area contributed by atoms with Crippen LogP contribution in [-0.4, -0.2) is 13.1 Å². The van der Waals surface area contributed by atoms with E-state index in [-0.39, 0.29) is 11.9 Å². The van der Waals surface area contributed by atoms with Crippen LogP contribution in [0.1, 0.15) is 26.2 Å². The van der Waals surface area contributed by atoms with E-state index in [2.05, 4.69) is 19.1 Å². The van der Waals surface area contributed by atoms with E-state index in [1.807, 2.05) is 0 Å². The number of ether oxygens (including phenoxy) is 1. The van der Waals surface area contributed by atoms with Crippen molar-refractivity contribution in [3.63, 3.8) is 0 Å². The quantitative estimate of drug-likeness (QED) is 0.443. The number of allylic oxidation sites excluding steroid dienone is 2. The third-order valence-electron chi connectivity index (χ3n) is 2.39.